The van der Waals surface area contributed by atoms with Crippen molar-refractivity contribution in [3.05, 3.63) is 39.9 Å². The van der Waals surface area contributed by atoms with E-state index in [-0.39, 0.29) is 11.5 Å². The fourth-order valence-electron chi connectivity index (χ4n) is 4.31. The van der Waals surface area contributed by atoms with Crippen LogP contribution in [-0.2, 0) is 4.79 Å². The van der Waals surface area contributed by atoms with Gasteiger partial charge in [-0.15, -0.1) is 0 Å². The Bertz CT molecular complexity index is 921. The van der Waals surface area contributed by atoms with Crippen molar-refractivity contribution in [1.29, 1.82) is 0 Å². The average Bonchev–Trinajstić information content (AvgIpc) is 3.18. The Morgan fingerprint density at radius 2 is 2.19 bits per heavy atom. The number of fused-ring (bicyclic) bond motifs is 1. The lowest BCUT2D eigenvalue weighted by Gasteiger charge is -2.23. The molecule has 1 aliphatic carbocycles. The third-order valence-electron chi connectivity index (χ3n) is 6.04. The summed E-state index contributed by atoms with van der Waals surface area (Å²) in [5.74, 6) is 0.780. The lowest BCUT2D eigenvalue weighted by Crippen LogP contribution is -2.35. The number of anilines is 1. The fourth-order valence-corrected chi connectivity index (χ4v) is 4.31. The summed E-state index contributed by atoms with van der Waals surface area (Å²) in [4.78, 5) is 37.5. The number of rotatable bonds is 3. The van der Waals surface area contributed by atoms with Crippen molar-refractivity contribution in [1.82, 2.24) is 15.0 Å². The van der Waals surface area contributed by atoms with E-state index in [9.17, 15) is 14.7 Å². The van der Waals surface area contributed by atoms with Gasteiger partial charge in [-0.05, 0) is 44.7 Å². The summed E-state index contributed by atoms with van der Waals surface area (Å²) in [6.45, 7) is 4.80. The lowest BCUT2D eigenvalue weighted by atomic mass is 9.81. The van der Waals surface area contributed by atoms with E-state index in [0.717, 1.165) is 37.2 Å². The Hall–Kier alpha value is -2.70. The summed E-state index contributed by atoms with van der Waals surface area (Å²) < 4.78 is 0. The summed E-state index contributed by atoms with van der Waals surface area (Å²) >= 11 is 0. The minimum atomic E-state index is -0.684. The van der Waals surface area contributed by atoms with Crippen LogP contribution in [0.1, 0.15) is 30.5 Å². The van der Waals surface area contributed by atoms with Gasteiger partial charge in [0.25, 0.3) is 5.56 Å². The number of pyridine rings is 1. The summed E-state index contributed by atoms with van der Waals surface area (Å²) in [6, 6.07) is 3.75. The average molecular weight is 354 g/mol. The molecule has 2 aliphatic rings. The molecule has 1 saturated carbocycles. The molecule has 2 aromatic heterocycles. The number of aromatic nitrogens is 3. The van der Waals surface area contributed by atoms with Gasteiger partial charge in [-0.3, -0.25) is 9.59 Å². The molecule has 2 atom stereocenters. The van der Waals surface area contributed by atoms with Gasteiger partial charge in [0.1, 0.15) is 11.6 Å². The zero-order valence-corrected chi connectivity index (χ0v) is 15.0. The molecule has 2 aromatic rings. The van der Waals surface area contributed by atoms with E-state index in [0.29, 0.717) is 23.6 Å². The molecule has 136 valence electrons. The molecule has 0 aromatic carbocycles. The van der Waals surface area contributed by atoms with E-state index in [1.807, 2.05) is 19.1 Å². The van der Waals surface area contributed by atoms with Crippen molar-refractivity contribution in [2.75, 3.05) is 18.0 Å². The molecular weight excluding hydrogens is 332 g/mol. The lowest BCUT2D eigenvalue weighted by molar-refractivity contribution is -0.149. The molecule has 2 N–H and O–H groups in total. The Balaban J connectivity index is 1.60. The molecule has 0 bridgehead atoms. The molecule has 1 saturated heterocycles. The second kappa shape index (κ2) is 5.93. The molecule has 2 fully saturated rings. The molecule has 0 spiro atoms. The van der Waals surface area contributed by atoms with E-state index in [1.165, 1.54) is 0 Å². The summed E-state index contributed by atoms with van der Waals surface area (Å²) in [7, 11) is 0. The van der Waals surface area contributed by atoms with Gasteiger partial charge < -0.3 is 15.0 Å². The molecule has 4 rings (SSSR count). The van der Waals surface area contributed by atoms with E-state index in [1.54, 1.807) is 13.1 Å². The van der Waals surface area contributed by atoms with Crippen molar-refractivity contribution >= 4 is 11.8 Å². The van der Waals surface area contributed by atoms with Gasteiger partial charge >= 0.3 is 5.97 Å². The maximum Gasteiger partial charge on any atom is 0.311 e. The van der Waals surface area contributed by atoms with Gasteiger partial charge in [0.2, 0.25) is 0 Å². The van der Waals surface area contributed by atoms with Crippen molar-refractivity contribution in [2.24, 2.45) is 11.3 Å². The van der Waals surface area contributed by atoms with Gasteiger partial charge in [0.15, 0.2) is 0 Å². The largest absolute Gasteiger partial charge is 0.481 e. The highest BCUT2D eigenvalue weighted by Crippen LogP contribution is 2.49. The maximum atomic E-state index is 11.9. The number of nitrogens with zero attached hydrogens (tertiary/aromatic N) is 3. The Morgan fingerprint density at radius 1 is 1.38 bits per heavy atom. The standard InChI is InChI=1S/C19H22N4O3/c1-11-12(2)21-16(22-17(11)24)13-5-6-15(20-8-13)23-9-14-4-3-7-19(14,10-23)18(25)26/h5-6,8,14H,3-4,7,9-10H2,1-2H3,(H,25,26)(H,21,22,24)/t14-,19+/m0/s1. The van der Waals surface area contributed by atoms with Gasteiger partial charge in [0.05, 0.1) is 5.41 Å². The first-order chi connectivity index (χ1) is 12.4. The molecule has 26 heavy (non-hydrogen) atoms. The third kappa shape index (κ3) is 2.50. The number of carbonyl (C=O) groups is 1. The van der Waals surface area contributed by atoms with E-state index >= 15 is 0 Å². The molecule has 3 heterocycles. The van der Waals surface area contributed by atoms with Crippen molar-refractivity contribution in [3.8, 4) is 11.4 Å². The topological polar surface area (TPSA) is 99.2 Å². The first-order valence-electron chi connectivity index (χ1n) is 8.93. The quantitative estimate of drug-likeness (QED) is 0.876. The van der Waals surface area contributed by atoms with E-state index in [4.69, 9.17) is 0 Å². The number of hydrogen-bond donors (Lipinski definition) is 2. The predicted octanol–water partition coefficient (Wildman–Crippen LogP) is 2.14. The summed E-state index contributed by atoms with van der Waals surface area (Å²) in [6.07, 6.45) is 4.39. The molecule has 7 heteroatoms. The van der Waals surface area contributed by atoms with Crippen LogP contribution in [0.5, 0.6) is 0 Å². The molecule has 0 unspecified atom stereocenters. The van der Waals surface area contributed by atoms with E-state index in [2.05, 4.69) is 19.9 Å². The van der Waals surface area contributed by atoms with Crippen molar-refractivity contribution < 1.29 is 9.90 Å². The number of aromatic amines is 1. The van der Waals surface area contributed by atoms with Gasteiger partial charge in [-0.2, -0.15) is 0 Å². The van der Waals surface area contributed by atoms with Crippen molar-refractivity contribution in [2.45, 2.75) is 33.1 Å². The van der Waals surface area contributed by atoms with Crippen LogP contribution in [-0.4, -0.2) is 39.1 Å². The second-order valence-electron chi connectivity index (χ2n) is 7.46. The number of carboxylic acid groups (broad SMARTS) is 1. The third-order valence-corrected chi connectivity index (χ3v) is 6.04. The zero-order chi connectivity index (χ0) is 18.5. The number of aliphatic carboxylic acids is 1. The Kier molecular flexibility index (Phi) is 3.82. The van der Waals surface area contributed by atoms with Gasteiger partial charge in [0, 0.05) is 36.1 Å². The van der Waals surface area contributed by atoms with Crippen molar-refractivity contribution in [3.63, 3.8) is 0 Å². The van der Waals surface area contributed by atoms with Crippen LogP contribution in [0.25, 0.3) is 11.4 Å². The molecule has 1 aliphatic heterocycles. The first kappa shape index (κ1) is 16.8. The second-order valence-corrected chi connectivity index (χ2v) is 7.46. The number of nitrogens with one attached hydrogen (secondary N) is 1. The minimum Gasteiger partial charge on any atom is -0.481 e. The minimum absolute atomic E-state index is 0.146. The summed E-state index contributed by atoms with van der Waals surface area (Å²) in [5.41, 5.74) is 1.28. The van der Waals surface area contributed by atoms with Crippen LogP contribution in [0.15, 0.2) is 23.1 Å². The van der Waals surface area contributed by atoms with Crippen LogP contribution in [0.3, 0.4) is 0 Å². The van der Waals surface area contributed by atoms with Gasteiger partial charge in [-0.25, -0.2) is 9.97 Å². The summed E-state index contributed by atoms with van der Waals surface area (Å²) in [5, 5.41) is 9.72. The normalized spacial score (nSPS) is 24.7. The monoisotopic (exact) mass is 354 g/mol. The Labute approximate surface area is 151 Å². The maximum absolute atomic E-state index is 11.9. The van der Waals surface area contributed by atoms with Crippen LogP contribution in [0.2, 0.25) is 0 Å². The Morgan fingerprint density at radius 3 is 2.81 bits per heavy atom. The predicted molar refractivity (Wildman–Crippen MR) is 97.2 cm³/mol. The van der Waals surface area contributed by atoms with Gasteiger partial charge in [-0.1, -0.05) is 6.42 Å². The van der Waals surface area contributed by atoms with E-state index < -0.39 is 11.4 Å². The number of carboxylic acids is 1. The number of H-pyrrole nitrogens is 1. The highest BCUT2D eigenvalue weighted by atomic mass is 16.4. The molecule has 0 amide bonds. The SMILES string of the molecule is Cc1nc(-c2ccc(N3C[C@@H]4CCC[C@@]4(C(=O)O)C3)nc2)[nH]c(=O)c1C. The van der Waals surface area contributed by atoms with Crippen LogP contribution >= 0.6 is 0 Å². The smallest absolute Gasteiger partial charge is 0.311 e. The zero-order valence-electron chi connectivity index (χ0n) is 15.0. The fraction of sp³-hybridized carbons (Fsp3) is 0.474. The van der Waals surface area contributed by atoms with Crippen LogP contribution < -0.4 is 10.5 Å². The molecule has 0 radical (unpaired) electrons. The molecular formula is C19H22N4O3. The van der Waals surface area contributed by atoms with Crippen LogP contribution in [0, 0.1) is 25.2 Å². The first-order valence-corrected chi connectivity index (χ1v) is 8.93. The highest BCUT2D eigenvalue weighted by Gasteiger charge is 2.55. The van der Waals surface area contributed by atoms with Crippen LogP contribution in [0.4, 0.5) is 5.82 Å². The number of hydrogen-bond acceptors (Lipinski definition) is 5. The number of aryl methyl sites for hydroxylation is 1. The highest BCUT2D eigenvalue weighted by molar-refractivity contribution is 5.78. The molecule has 7 nitrogen and oxygen atoms in total.